The first kappa shape index (κ1) is 25.1. The summed E-state index contributed by atoms with van der Waals surface area (Å²) in [5, 5.41) is 16.3. The number of aromatic nitrogens is 1. The lowest BCUT2D eigenvalue weighted by atomic mass is 10.1. The first-order valence-electron chi connectivity index (χ1n) is 11.3. The zero-order valence-corrected chi connectivity index (χ0v) is 20.2. The van der Waals surface area contributed by atoms with Crippen LogP contribution in [0.3, 0.4) is 0 Å². The molecule has 10 heteroatoms. The summed E-state index contributed by atoms with van der Waals surface area (Å²) >= 11 is 1.11. The first-order chi connectivity index (χ1) is 16.9. The van der Waals surface area contributed by atoms with E-state index in [-0.39, 0.29) is 12.6 Å². The summed E-state index contributed by atoms with van der Waals surface area (Å²) in [5.41, 5.74) is 2.39. The molecule has 6 nitrogen and oxygen atoms in total. The number of alkyl halides is 3. The van der Waals surface area contributed by atoms with Crippen LogP contribution in [0.1, 0.15) is 18.5 Å². The highest BCUT2D eigenvalue weighted by Crippen LogP contribution is 2.31. The molecule has 5 N–H and O–H groups in total. The van der Waals surface area contributed by atoms with Gasteiger partial charge < -0.3 is 25.3 Å². The number of methoxy groups -OCH3 is 1. The number of hydrogen-bond acceptors (Lipinski definition) is 6. The SMILES string of the molecule is COc1cc(SN)ccc1NCC#Cc1cc2c(NC3CCNCC3)cccc2n1CC(F)(F)F. The molecule has 2 heterocycles. The third-order valence-corrected chi connectivity index (χ3v) is 6.40. The third-order valence-electron chi connectivity index (χ3n) is 5.87. The zero-order valence-electron chi connectivity index (χ0n) is 19.3. The molecule has 0 unspecified atom stereocenters. The molecule has 0 radical (unpaired) electrons. The molecule has 1 fully saturated rings. The van der Waals surface area contributed by atoms with Gasteiger partial charge in [-0.3, -0.25) is 5.14 Å². The predicted octanol–water partition coefficient (Wildman–Crippen LogP) is 4.81. The van der Waals surface area contributed by atoms with Gasteiger partial charge in [-0.15, -0.1) is 0 Å². The molecule has 0 amide bonds. The van der Waals surface area contributed by atoms with Gasteiger partial charge in [-0.25, -0.2) is 0 Å². The fourth-order valence-corrected chi connectivity index (χ4v) is 4.54. The molecule has 35 heavy (non-hydrogen) atoms. The number of ether oxygens (including phenoxy) is 1. The van der Waals surface area contributed by atoms with E-state index in [2.05, 4.69) is 27.8 Å². The Labute approximate surface area is 206 Å². The average Bonchev–Trinajstić information content (AvgIpc) is 3.19. The van der Waals surface area contributed by atoms with Gasteiger partial charge in [0, 0.05) is 22.0 Å². The normalized spacial score (nSPS) is 14.4. The van der Waals surface area contributed by atoms with Gasteiger partial charge in [0.15, 0.2) is 0 Å². The number of nitrogens with two attached hydrogens (primary N) is 1. The van der Waals surface area contributed by atoms with Crippen LogP contribution in [0.25, 0.3) is 10.9 Å². The Bertz CT molecular complexity index is 1230. The highest BCUT2D eigenvalue weighted by molar-refractivity contribution is 7.97. The third kappa shape index (κ3) is 6.36. The van der Waals surface area contributed by atoms with E-state index in [1.54, 1.807) is 31.4 Å². The van der Waals surface area contributed by atoms with Crippen LogP contribution >= 0.6 is 11.9 Å². The van der Waals surface area contributed by atoms with Crippen LogP contribution in [0.5, 0.6) is 5.75 Å². The predicted molar refractivity (Wildman–Crippen MR) is 136 cm³/mol. The molecule has 186 valence electrons. The molecule has 0 saturated carbocycles. The first-order valence-corrected chi connectivity index (χ1v) is 12.2. The van der Waals surface area contributed by atoms with Crippen molar-refractivity contribution in [1.82, 2.24) is 9.88 Å². The summed E-state index contributed by atoms with van der Waals surface area (Å²) in [6, 6.07) is 12.9. The number of benzene rings is 2. The van der Waals surface area contributed by atoms with Crippen molar-refractivity contribution in [3.05, 3.63) is 48.2 Å². The largest absolute Gasteiger partial charge is 0.495 e. The quantitative estimate of drug-likeness (QED) is 0.274. The molecule has 3 aromatic rings. The van der Waals surface area contributed by atoms with Crippen LogP contribution in [0, 0.1) is 11.8 Å². The summed E-state index contributed by atoms with van der Waals surface area (Å²) in [6.07, 6.45) is -2.44. The second kappa shape index (κ2) is 11.2. The summed E-state index contributed by atoms with van der Waals surface area (Å²) in [4.78, 5) is 0.851. The van der Waals surface area contributed by atoms with Crippen LogP contribution in [0.15, 0.2) is 47.4 Å². The van der Waals surface area contributed by atoms with E-state index in [9.17, 15) is 13.2 Å². The maximum atomic E-state index is 13.4. The highest BCUT2D eigenvalue weighted by Gasteiger charge is 2.30. The lowest BCUT2D eigenvalue weighted by molar-refractivity contribution is -0.140. The van der Waals surface area contributed by atoms with Crippen molar-refractivity contribution in [2.75, 3.05) is 37.4 Å². The number of halogens is 3. The number of nitrogens with zero attached hydrogens (tertiary/aromatic N) is 1. The number of anilines is 2. The van der Waals surface area contributed by atoms with Gasteiger partial charge in [0.25, 0.3) is 0 Å². The Kier molecular flexibility index (Phi) is 8.00. The lowest BCUT2D eigenvalue weighted by Crippen LogP contribution is -2.35. The van der Waals surface area contributed by atoms with Gasteiger partial charge in [0.1, 0.15) is 12.3 Å². The van der Waals surface area contributed by atoms with Gasteiger partial charge >= 0.3 is 6.18 Å². The minimum absolute atomic E-state index is 0.235. The summed E-state index contributed by atoms with van der Waals surface area (Å²) in [5.74, 6) is 6.50. The fraction of sp³-hybridized carbons (Fsp3) is 0.360. The van der Waals surface area contributed by atoms with Crippen molar-refractivity contribution >= 4 is 34.2 Å². The van der Waals surface area contributed by atoms with Gasteiger partial charge in [0.2, 0.25) is 0 Å². The second-order valence-electron chi connectivity index (χ2n) is 8.27. The van der Waals surface area contributed by atoms with Gasteiger partial charge in [-0.2, -0.15) is 13.2 Å². The molecule has 1 saturated heterocycles. The number of rotatable bonds is 7. The summed E-state index contributed by atoms with van der Waals surface area (Å²) in [7, 11) is 1.56. The maximum absolute atomic E-state index is 13.4. The number of piperidine rings is 1. The van der Waals surface area contributed by atoms with Crippen LogP contribution in [-0.2, 0) is 6.54 Å². The summed E-state index contributed by atoms with van der Waals surface area (Å²) < 4.78 is 46.9. The molecule has 0 spiro atoms. The lowest BCUT2D eigenvalue weighted by Gasteiger charge is -2.25. The Morgan fingerprint density at radius 3 is 2.69 bits per heavy atom. The van der Waals surface area contributed by atoms with Crippen molar-refractivity contribution in [3.63, 3.8) is 0 Å². The van der Waals surface area contributed by atoms with E-state index in [0.29, 0.717) is 17.0 Å². The van der Waals surface area contributed by atoms with E-state index in [4.69, 9.17) is 9.88 Å². The molecule has 0 bridgehead atoms. The Balaban J connectivity index is 1.60. The molecule has 4 rings (SSSR count). The number of nitrogens with one attached hydrogen (secondary N) is 3. The smallest absolute Gasteiger partial charge is 0.406 e. The van der Waals surface area contributed by atoms with E-state index in [1.807, 2.05) is 18.2 Å². The van der Waals surface area contributed by atoms with Crippen LogP contribution in [0.2, 0.25) is 0 Å². The number of hydrogen-bond donors (Lipinski definition) is 4. The van der Waals surface area contributed by atoms with Crippen molar-refractivity contribution in [2.45, 2.75) is 36.5 Å². The van der Waals surface area contributed by atoms with E-state index in [0.717, 1.165) is 59.5 Å². The molecule has 2 aromatic carbocycles. The summed E-state index contributed by atoms with van der Waals surface area (Å²) in [6.45, 7) is 0.978. The molecular weight excluding hydrogens is 475 g/mol. The molecule has 1 aliphatic rings. The van der Waals surface area contributed by atoms with E-state index >= 15 is 0 Å². The standard InChI is InChI=1S/C25H28F3N5OS/c1-34-24-15-19(35-29)7-8-22(24)31-11-3-4-18-14-20-21(32-17-9-12-30-13-10-17)5-2-6-23(20)33(18)16-25(26,27)28/h2,5-8,14-15,17,30-32H,9-13,16,29H2,1H3. The van der Waals surface area contributed by atoms with E-state index in [1.165, 1.54) is 4.57 Å². The van der Waals surface area contributed by atoms with Crippen molar-refractivity contribution in [1.29, 1.82) is 0 Å². The average molecular weight is 504 g/mol. The zero-order chi connectivity index (χ0) is 24.8. The maximum Gasteiger partial charge on any atom is 0.406 e. The van der Waals surface area contributed by atoms with Crippen LogP contribution in [-0.4, -0.2) is 43.5 Å². The second-order valence-corrected chi connectivity index (χ2v) is 8.98. The van der Waals surface area contributed by atoms with Gasteiger partial charge in [0.05, 0.1) is 30.6 Å². The minimum Gasteiger partial charge on any atom is -0.495 e. The van der Waals surface area contributed by atoms with Gasteiger partial charge in [-0.05, 0) is 80.2 Å². The van der Waals surface area contributed by atoms with Crippen LogP contribution in [0.4, 0.5) is 24.5 Å². The molecule has 0 atom stereocenters. The molecule has 1 aromatic heterocycles. The van der Waals surface area contributed by atoms with Crippen molar-refractivity contribution < 1.29 is 17.9 Å². The Morgan fingerprint density at radius 1 is 1.17 bits per heavy atom. The Hall–Kier alpha value is -3.00. The molecule has 0 aliphatic carbocycles. The molecule has 1 aliphatic heterocycles. The fourth-order valence-electron chi connectivity index (χ4n) is 4.21. The topological polar surface area (TPSA) is 76.3 Å². The highest BCUT2D eigenvalue weighted by atomic mass is 32.2. The van der Waals surface area contributed by atoms with Gasteiger partial charge in [-0.1, -0.05) is 12.0 Å². The van der Waals surface area contributed by atoms with Crippen LogP contribution < -0.4 is 25.8 Å². The van der Waals surface area contributed by atoms with E-state index < -0.39 is 12.7 Å². The minimum atomic E-state index is -4.37. The van der Waals surface area contributed by atoms with Crippen molar-refractivity contribution in [2.24, 2.45) is 5.14 Å². The molecular formula is C25H28F3N5OS. The monoisotopic (exact) mass is 503 g/mol. The Morgan fingerprint density at radius 2 is 1.97 bits per heavy atom. The van der Waals surface area contributed by atoms with Crippen molar-refractivity contribution in [3.8, 4) is 17.6 Å². The number of fused-ring (bicyclic) bond motifs is 1.